The third kappa shape index (κ3) is 2.68. The van der Waals surface area contributed by atoms with E-state index in [1.54, 1.807) is 42.5 Å². The SMILES string of the molecule is O=C(Sc1nc2cc(Cl)ccc2o1)c1ccccc1Cl. The van der Waals surface area contributed by atoms with E-state index in [2.05, 4.69) is 4.98 Å². The molecule has 0 amide bonds. The van der Waals surface area contributed by atoms with Crippen LogP contribution in [-0.2, 0) is 0 Å². The quantitative estimate of drug-likeness (QED) is 0.618. The Labute approximate surface area is 128 Å². The van der Waals surface area contributed by atoms with Gasteiger partial charge in [-0.1, -0.05) is 35.3 Å². The summed E-state index contributed by atoms with van der Waals surface area (Å²) in [7, 11) is 0. The highest BCUT2D eigenvalue weighted by molar-refractivity contribution is 8.14. The van der Waals surface area contributed by atoms with Gasteiger partial charge in [-0.2, -0.15) is 0 Å². The third-order valence-electron chi connectivity index (χ3n) is 2.60. The van der Waals surface area contributed by atoms with Crippen LogP contribution < -0.4 is 0 Å². The molecule has 0 unspecified atom stereocenters. The molecule has 0 aliphatic carbocycles. The Morgan fingerprint density at radius 2 is 1.95 bits per heavy atom. The Morgan fingerprint density at radius 1 is 1.15 bits per heavy atom. The van der Waals surface area contributed by atoms with Gasteiger partial charge < -0.3 is 4.42 Å². The van der Waals surface area contributed by atoms with Crippen molar-refractivity contribution in [3.8, 4) is 0 Å². The summed E-state index contributed by atoms with van der Waals surface area (Å²) in [5.74, 6) is 0. The zero-order chi connectivity index (χ0) is 14.1. The van der Waals surface area contributed by atoms with E-state index in [1.165, 1.54) is 0 Å². The predicted octanol–water partition coefficient (Wildman–Crippen LogP) is 5.07. The molecule has 0 spiro atoms. The van der Waals surface area contributed by atoms with Crippen LogP contribution >= 0.6 is 35.0 Å². The van der Waals surface area contributed by atoms with Crippen molar-refractivity contribution in [1.29, 1.82) is 0 Å². The lowest BCUT2D eigenvalue weighted by molar-refractivity contribution is 0.108. The average Bonchev–Trinajstić information content (AvgIpc) is 2.80. The fourth-order valence-electron chi connectivity index (χ4n) is 1.68. The van der Waals surface area contributed by atoms with Crippen LogP contribution in [0.5, 0.6) is 0 Å². The molecule has 0 aliphatic heterocycles. The summed E-state index contributed by atoms with van der Waals surface area (Å²) in [4.78, 5) is 16.3. The average molecular weight is 324 g/mol. The zero-order valence-electron chi connectivity index (χ0n) is 9.97. The van der Waals surface area contributed by atoms with E-state index in [4.69, 9.17) is 27.6 Å². The van der Waals surface area contributed by atoms with Crippen LogP contribution in [0.4, 0.5) is 0 Å². The fourth-order valence-corrected chi connectivity index (χ4v) is 2.85. The van der Waals surface area contributed by atoms with Crippen LogP contribution in [0.25, 0.3) is 11.1 Å². The van der Waals surface area contributed by atoms with Gasteiger partial charge in [0.05, 0.1) is 5.02 Å². The molecule has 3 aromatic rings. The molecule has 20 heavy (non-hydrogen) atoms. The van der Waals surface area contributed by atoms with E-state index >= 15 is 0 Å². The summed E-state index contributed by atoms with van der Waals surface area (Å²) < 4.78 is 5.48. The molecule has 0 bridgehead atoms. The summed E-state index contributed by atoms with van der Waals surface area (Å²) in [6.45, 7) is 0. The molecule has 1 aromatic heterocycles. The number of thioether (sulfide) groups is 1. The number of carbonyl (C=O) groups excluding carboxylic acids is 1. The number of hydrogen-bond donors (Lipinski definition) is 0. The van der Waals surface area contributed by atoms with Crippen molar-refractivity contribution in [1.82, 2.24) is 4.98 Å². The normalized spacial score (nSPS) is 10.9. The molecule has 6 heteroatoms. The monoisotopic (exact) mass is 323 g/mol. The molecule has 3 rings (SSSR count). The van der Waals surface area contributed by atoms with Gasteiger partial charge in [-0.25, -0.2) is 4.98 Å². The summed E-state index contributed by atoms with van der Waals surface area (Å²) in [6.07, 6.45) is 0. The summed E-state index contributed by atoms with van der Waals surface area (Å²) in [5, 5.41) is 1.03. The van der Waals surface area contributed by atoms with Crippen LogP contribution in [0.1, 0.15) is 10.4 Å². The van der Waals surface area contributed by atoms with Crippen LogP contribution in [0.2, 0.25) is 10.0 Å². The number of carbonyl (C=O) groups is 1. The van der Waals surface area contributed by atoms with Gasteiger partial charge in [0.1, 0.15) is 5.52 Å². The van der Waals surface area contributed by atoms with Crippen LogP contribution in [0, 0.1) is 0 Å². The van der Waals surface area contributed by atoms with Gasteiger partial charge >= 0.3 is 0 Å². The van der Waals surface area contributed by atoms with Crippen molar-refractivity contribution in [3.63, 3.8) is 0 Å². The summed E-state index contributed by atoms with van der Waals surface area (Å²) in [6, 6.07) is 12.0. The smallest absolute Gasteiger partial charge is 0.264 e. The third-order valence-corrected chi connectivity index (χ3v) is 3.92. The minimum atomic E-state index is -0.215. The minimum Gasteiger partial charge on any atom is -0.431 e. The molecular weight excluding hydrogens is 317 g/mol. The number of halogens is 2. The molecule has 0 radical (unpaired) electrons. The lowest BCUT2D eigenvalue weighted by Crippen LogP contribution is -1.93. The fraction of sp³-hybridized carbons (Fsp3) is 0. The van der Waals surface area contributed by atoms with E-state index < -0.39 is 0 Å². The molecule has 0 fully saturated rings. The van der Waals surface area contributed by atoms with Gasteiger partial charge in [0.2, 0.25) is 5.12 Å². The highest BCUT2D eigenvalue weighted by Crippen LogP contribution is 2.29. The van der Waals surface area contributed by atoms with Gasteiger partial charge in [-0.05, 0) is 30.3 Å². The first-order valence-corrected chi connectivity index (χ1v) is 7.23. The number of oxazole rings is 1. The van der Waals surface area contributed by atoms with Crippen LogP contribution in [0.15, 0.2) is 52.1 Å². The highest BCUT2D eigenvalue weighted by atomic mass is 35.5. The molecule has 0 aliphatic rings. The first-order chi connectivity index (χ1) is 9.63. The predicted molar refractivity (Wildman–Crippen MR) is 80.7 cm³/mol. The maximum Gasteiger partial charge on any atom is 0.264 e. The molecular formula is C14H7Cl2NO2S. The second-order valence-electron chi connectivity index (χ2n) is 3.96. The largest absolute Gasteiger partial charge is 0.431 e. The van der Waals surface area contributed by atoms with Crippen molar-refractivity contribution in [2.45, 2.75) is 5.22 Å². The topological polar surface area (TPSA) is 43.1 Å². The van der Waals surface area contributed by atoms with Gasteiger partial charge in [0.15, 0.2) is 5.58 Å². The highest BCUT2D eigenvalue weighted by Gasteiger charge is 2.16. The van der Waals surface area contributed by atoms with Gasteiger partial charge in [0.25, 0.3) is 5.22 Å². The minimum absolute atomic E-state index is 0.215. The number of rotatable bonds is 2. The first-order valence-electron chi connectivity index (χ1n) is 5.66. The van der Waals surface area contributed by atoms with E-state index in [0.29, 0.717) is 26.7 Å². The molecule has 0 N–H and O–H groups in total. The lowest BCUT2D eigenvalue weighted by atomic mass is 10.2. The Bertz CT molecular complexity index is 801. The van der Waals surface area contributed by atoms with Gasteiger partial charge in [0, 0.05) is 22.3 Å². The molecule has 0 saturated heterocycles. The maximum atomic E-state index is 12.1. The molecule has 0 saturated carbocycles. The standard InChI is InChI=1S/C14H7Cl2NO2S/c15-8-5-6-12-11(7-8)17-14(19-12)20-13(18)9-3-1-2-4-10(9)16/h1-7H. The second-order valence-corrected chi connectivity index (χ2v) is 5.73. The second kappa shape index (κ2) is 5.48. The summed E-state index contributed by atoms with van der Waals surface area (Å²) in [5.41, 5.74) is 1.63. The summed E-state index contributed by atoms with van der Waals surface area (Å²) >= 11 is 12.8. The maximum absolute atomic E-state index is 12.1. The molecule has 0 atom stereocenters. The Hall–Kier alpha value is -1.49. The molecule has 1 heterocycles. The number of hydrogen-bond acceptors (Lipinski definition) is 4. The van der Waals surface area contributed by atoms with Crippen LogP contribution in [0.3, 0.4) is 0 Å². The van der Waals surface area contributed by atoms with E-state index in [1.807, 2.05) is 0 Å². The first kappa shape index (κ1) is 13.5. The molecule has 3 nitrogen and oxygen atoms in total. The molecule has 2 aromatic carbocycles. The zero-order valence-corrected chi connectivity index (χ0v) is 12.3. The Kier molecular flexibility index (Phi) is 3.70. The van der Waals surface area contributed by atoms with Gasteiger partial charge in [-0.15, -0.1) is 0 Å². The number of benzene rings is 2. The number of aromatic nitrogens is 1. The van der Waals surface area contributed by atoms with Crippen molar-refractivity contribution < 1.29 is 9.21 Å². The van der Waals surface area contributed by atoms with E-state index in [-0.39, 0.29) is 10.3 Å². The Balaban J connectivity index is 1.89. The van der Waals surface area contributed by atoms with Crippen molar-refractivity contribution in [2.75, 3.05) is 0 Å². The number of fused-ring (bicyclic) bond motifs is 1. The number of nitrogens with zero attached hydrogens (tertiary/aromatic N) is 1. The van der Waals surface area contributed by atoms with Crippen molar-refractivity contribution >= 4 is 51.2 Å². The van der Waals surface area contributed by atoms with Gasteiger partial charge in [-0.3, -0.25) is 4.79 Å². The lowest BCUT2D eigenvalue weighted by Gasteiger charge is -1.99. The van der Waals surface area contributed by atoms with E-state index in [0.717, 1.165) is 11.8 Å². The molecule has 100 valence electrons. The van der Waals surface area contributed by atoms with Crippen molar-refractivity contribution in [2.24, 2.45) is 0 Å². The van der Waals surface area contributed by atoms with Crippen LogP contribution in [-0.4, -0.2) is 10.1 Å². The Morgan fingerprint density at radius 3 is 2.75 bits per heavy atom. The van der Waals surface area contributed by atoms with Crippen molar-refractivity contribution in [3.05, 3.63) is 58.1 Å². The van der Waals surface area contributed by atoms with E-state index in [9.17, 15) is 4.79 Å².